The van der Waals surface area contributed by atoms with Gasteiger partial charge in [0.2, 0.25) is 0 Å². The van der Waals surface area contributed by atoms with E-state index in [-0.39, 0.29) is 0 Å². The molecule has 2 heterocycles. The summed E-state index contributed by atoms with van der Waals surface area (Å²) in [5.41, 5.74) is -1.40. The fourth-order valence-electron chi connectivity index (χ4n) is 2.36. The fourth-order valence-corrected chi connectivity index (χ4v) is 2.36. The van der Waals surface area contributed by atoms with Crippen LogP contribution in [0.15, 0.2) is 21.9 Å². The van der Waals surface area contributed by atoms with Crippen LogP contribution < -0.4 is 11.2 Å². The number of hydrogen-bond donors (Lipinski definition) is 2. The highest BCUT2D eigenvalue weighted by atomic mass is 16.6. The van der Waals surface area contributed by atoms with Crippen LogP contribution in [0.2, 0.25) is 0 Å². The number of hydrogen-bond acceptors (Lipinski definition) is 8. The van der Waals surface area contributed by atoms with Gasteiger partial charge in [0.05, 0.1) is 6.61 Å². The Morgan fingerprint density at radius 3 is 2.39 bits per heavy atom. The molecule has 0 aliphatic carbocycles. The van der Waals surface area contributed by atoms with Crippen molar-refractivity contribution in [2.75, 3.05) is 6.61 Å². The van der Waals surface area contributed by atoms with Crippen molar-refractivity contribution in [2.45, 2.75) is 38.4 Å². The van der Waals surface area contributed by atoms with Crippen molar-refractivity contribution in [1.29, 1.82) is 0 Å². The molecule has 2 unspecified atom stereocenters. The van der Waals surface area contributed by atoms with Gasteiger partial charge in [0, 0.05) is 26.1 Å². The van der Waals surface area contributed by atoms with Crippen LogP contribution in [0.4, 0.5) is 0 Å². The summed E-state index contributed by atoms with van der Waals surface area (Å²) in [5.74, 6) is -1.35. The maximum Gasteiger partial charge on any atom is 0.330 e. The molecule has 1 aromatic rings. The Kier molecular flexibility index (Phi) is 4.96. The van der Waals surface area contributed by atoms with Crippen molar-refractivity contribution < 1.29 is 28.9 Å². The van der Waals surface area contributed by atoms with Crippen molar-refractivity contribution in [3.8, 4) is 0 Å². The van der Waals surface area contributed by atoms with Gasteiger partial charge in [-0.05, 0) is 0 Å². The Balaban J connectivity index is 2.43. The minimum absolute atomic E-state index is 0.523. The molecule has 1 fully saturated rings. The van der Waals surface area contributed by atoms with E-state index in [0.717, 1.165) is 30.7 Å². The second-order valence-corrected chi connectivity index (χ2v) is 4.91. The normalized spacial score (nSPS) is 26.7. The van der Waals surface area contributed by atoms with E-state index in [2.05, 4.69) is 0 Å². The van der Waals surface area contributed by atoms with E-state index < -0.39 is 54.3 Å². The molecule has 23 heavy (non-hydrogen) atoms. The predicted octanol–water partition coefficient (Wildman–Crippen LogP) is -1.71. The van der Waals surface area contributed by atoms with Gasteiger partial charge >= 0.3 is 17.6 Å². The van der Waals surface area contributed by atoms with E-state index in [9.17, 15) is 24.3 Å². The van der Waals surface area contributed by atoms with Crippen LogP contribution >= 0.6 is 0 Å². The van der Waals surface area contributed by atoms with Crippen LogP contribution in [0, 0.1) is 0 Å². The number of aliphatic hydroxyl groups is 1. The molecule has 10 nitrogen and oxygen atoms in total. The topological polar surface area (TPSA) is 137 Å². The number of carbonyl (C=O) groups is 2. The zero-order chi connectivity index (χ0) is 17.1. The highest BCUT2D eigenvalue weighted by Gasteiger charge is 2.50. The Morgan fingerprint density at radius 2 is 1.87 bits per heavy atom. The van der Waals surface area contributed by atoms with Gasteiger partial charge in [0.1, 0.15) is 6.10 Å². The van der Waals surface area contributed by atoms with Crippen LogP contribution in [0.25, 0.3) is 0 Å². The molecule has 1 aliphatic rings. The van der Waals surface area contributed by atoms with E-state index in [0.29, 0.717) is 0 Å². The molecule has 1 saturated heterocycles. The highest BCUT2D eigenvalue weighted by molar-refractivity contribution is 5.67. The second kappa shape index (κ2) is 6.75. The van der Waals surface area contributed by atoms with Crippen molar-refractivity contribution in [1.82, 2.24) is 9.55 Å². The number of aliphatic hydroxyl groups excluding tert-OH is 1. The summed E-state index contributed by atoms with van der Waals surface area (Å²) in [6.45, 7) is 1.77. The molecule has 2 rings (SSSR count). The molecule has 1 aliphatic heterocycles. The lowest BCUT2D eigenvalue weighted by Gasteiger charge is -2.23. The maximum absolute atomic E-state index is 11.9. The van der Waals surface area contributed by atoms with Crippen LogP contribution in [0.3, 0.4) is 0 Å². The molecule has 0 radical (unpaired) electrons. The first-order valence-electron chi connectivity index (χ1n) is 6.75. The number of nitrogens with zero attached hydrogens (tertiary/aromatic N) is 1. The monoisotopic (exact) mass is 328 g/mol. The molecule has 2 N–H and O–H groups in total. The van der Waals surface area contributed by atoms with Gasteiger partial charge in [-0.1, -0.05) is 0 Å². The van der Waals surface area contributed by atoms with E-state index in [4.69, 9.17) is 14.2 Å². The number of rotatable bonds is 4. The molecule has 10 heteroatoms. The molecule has 4 atom stereocenters. The van der Waals surface area contributed by atoms with Crippen LogP contribution in [0.5, 0.6) is 0 Å². The molecule has 0 amide bonds. The molecule has 0 saturated carbocycles. The van der Waals surface area contributed by atoms with Gasteiger partial charge in [-0.25, -0.2) is 4.79 Å². The quantitative estimate of drug-likeness (QED) is 0.623. The van der Waals surface area contributed by atoms with E-state index in [1.54, 1.807) is 0 Å². The molecular formula is C13H16N2O8. The third-order valence-corrected chi connectivity index (χ3v) is 3.19. The largest absolute Gasteiger partial charge is 0.456 e. The third-order valence-electron chi connectivity index (χ3n) is 3.19. The standard InChI is InChI=1S/C13H16N2O8/c1-6(17)21-10-8(5-16)23-12(11(10)22-7(2)18)15-4-3-9(19)14-13(15)20/h3-4,8,10-12,16H,5H2,1-2H3,(H,14,19,20)/t8-,10?,11?,12-/m0/s1. The summed E-state index contributed by atoms with van der Waals surface area (Å²) < 4.78 is 16.6. The van der Waals surface area contributed by atoms with Gasteiger partial charge in [0.25, 0.3) is 5.56 Å². The lowest BCUT2D eigenvalue weighted by molar-refractivity contribution is -0.165. The number of aromatic amines is 1. The Bertz CT molecular complexity index is 708. The van der Waals surface area contributed by atoms with Gasteiger partial charge in [-0.15, -0.1) is 0 Å². The Morgan fingerprint density at radius 1 is 1.26 bits per heavy atom. The van der Waals surface area contributed by atoms with Crippen LogP contribution in [0.1, 0.15) is 20.1 Å². The molecule has 0 bridgehead atoms. The van der Waals surface area contributed by atoms with Crippen molar-refractivity contribution in [3.63, 3.8) is 0 Å². The lowest BCUT2D eigenvalue weighted by atomic mass is 10.1. The van der Waals surface area contributed by atoms with Crippen molar-refractivity contribution in [3.05, 3.63) is 33.1 Å². The number of ether oxygens (including phenoxy) is 3. The third kappa shape index (κ3) is 3.66. The summed E-state index contributed by atoms with van der Waals surface area (Å²) in [7, 11) is 0. The zero-order valence-electron chi connectivity index (χ0n) is 12.4. The van der Waals surface area contributed by atoms with Gasteiger partial charge < -0.3 is 19.3 Å². The lowest BCUT2D eigenvalue weighted by Crippen LogP contribution is -2.42. The van der Waals surface area contributed by atoms with Gasteiger partial charge in [-0.3, -0.25) is 23.9 Å². The number of nitrogens with one attached hydrogen (secondary N) is 1. The number of H-pyrrole nitrogens is 1. The first-order chi connectivity index (χ1) is 10.8. The van der Waals surface area contributed by atoms with E-state index in [1.807, 2.05) is 4.98 Å². The summed E-state index contributed by atoms with van der Waals surface area (Å²) in [6.07, 6.45) is -3.24. The number of carbonyl (C=O) groups excluding carboxylic acids is 2. The summed E-state index contributed by atoms with van der Waals surface area (Å²) in [6, 6.07) is 1.09. The Hall–Kier alpha value is -2.46. The van der Waals surface area contributed by atoms with Crippen molar-refractivity contribution >= 4 is 11.9 Å². The summed E-state index contributed by atoms with van der Waals surface area (Å²) in [4.78, 5) is 47.6. The summed E-state index contributed by atoms with van der Waals surface area (Å²) >= 11 is 0. The average molecular weight is 328 g/mol. The number of aromatic nitrogens is 2. The smallest absolute Gasteiger partial charge is 0.330 e. The highest BCUT2D eigenvalue weighted by Crippen LogP contribution is 2.32. The first kappa shape index (κ1) is 16.9. The molecule has 126 valence electrons. The van der Waals surface area contributed by atoms with E-state index >= 15 is 0 Å². The molecule has 0 aromatic carbocycles. The maximum atomic E-state index is 11.9. The second-order valence-electron chi connectivity index (χ2n) is 4.91. The SMILES string of the molecule is CC(=O)OC1C(OC(C)=O)[C@@H](n2ccc(=O)[nH]c2=O)O[C@H]1CO. The molecular weight excluding hydrogens is 312 g/mol. The van der Waals surface area contributed by atoms with Gasteiger partial charge in [-0.2, -0.15) is 0 Å². The zero-order valence-corrected chi connectivity index (χ0v) is 12.4. The minimum atomic E-state index is -1.16. The molecule has 0 spiro atoms. The van der Waals surface area contributed by atoms with Crippen LogP contribution in [-0.4, -0.2) is 51.5 Å². The Labute approximate surface area is 129 Å². The number of esters is 2. The van der Waals surface area contributed by atoms with Gasteiger partial charge in [0.15, 0.2) is 18.4 Å². The first-order valence-corrected chi connectivity index (χ1v) is 6.75. The fraction of sp³-hybridized carbons (Fsp3) is 0.538. The minimum Gasteiger partial charge on any atom is -0.456 e. The van der Waals surface area contributed by atoms with Crippen LogP contribution in [-0.2, 0) is 23.8 Å². The van der Waals surface area contributed by atoms with E-state index in [1.165, 1.54) is 0 Å². The van der Waals surface area contributed by atoms with Crippen molar-refractivity contribution in [2.24, 2.45) is 0 Å². The predicted molar refractivity (Wildman–Crippen MR) is 73.4 cm³/mol. The summed E-state index contributed by atoms with van der Waals surface area (Å²) in [5, 5.41) is 9.38. The molecule has 1 aromatic heterocycles. The average Bonchev–Trinajstić information content (AvgIpc) is 2.76.